The number of rotatable bonds is 5. The number of hydrogen-bond acceptors (Lipinski definition) is 4. The summed E-state index contributed by atoms with van der Waals surface area (Å²) in [6, 6.07) is 8.40. The molecule has 1 saturated heterocycles. The Bertz CT molecular complexity index is 653. The quantitative estimate of drug-likeness (QED) is 0.855. The number of carbonyl (C=O) groups excluding carboxylic acids is 1. The van der Waals surface area contributed by atoms with Crippen LogP contribution in [0.25, 0.3) is 11.3 Å². The van der Waals surface area contributed by atoms with Crippen LogP contribution in [0, 0.1) is 6.92 Å². The summed E-state index contributed by atoms with van der Waals surface area (Å²) < 4.78 is 0. The van der Waals surface area contributed by atoms with Crippen LogP contribution in [0.3, 0.4) is 0 Å². The molecule has 2 N–H and O–H groups in total. The van der Waals surface area contributed by atoms with Crippen molar-refractivity contribution in [2.45, 2.75) is 38.6 Å². The lowest BCUT2D eigenvalue weighted by Gasteiger charge is -2.10. The molecule has 0 saturated carbocycles. The Morgan fingerprint density at radius 3 is 3.04 bits per heavy atom. The van der Waals surface area contributed by atoms with Gasteiger partial charge in [-0.05, 0) is 44.9 Å². The topological polar surface area (TPSA) is 54.0 Å². The van der Waals surface area contributed by atoms with E-state index in [4.69, 9.17) is 0 Å². The van der Waals surface area contributed by atoms with Gasteiger partial charge >= 0.3 is 0 Å². The van der Waals surface area contributed by atoms with E-state index in [0.29, 0.717) is 12.5 Å². The molecule has 1 aromatic carbocycles. The lowest BCUT2D eigenvalue weighted by atomic mass is 10.1. The fourth-order valence-electron chi connectivity index (χ4n) is 2.78. The third kappa shape index (κ3) is 5.03. The van der Waals surface area contributed by atoms with Gasteiger partial charge < -0.3 is 10.6 Å². The maximum atomic E-state index is 12.1. The monoisotopic (exact) mass is 351 g/mol. The largest absolute Gasteiger partial charge is 0.326 e. The second-order valence-corrected chi connectivity index (χ2v) is 6.77. The van der Waals surface area contributed by atoms with Gasteiger partial charge in [0, 0.05) is 29.1 Å². The van der Waals surface area contributed by atoms with E-state index in [9.17, 15) is 4.79 Å². The van der Waals surface area contributed by atoms with Crippen molar-refractivity contribution in [3.63, 3.8) is 0 Å². The molecule has 124 valence electrons. The third-order valence-electron chi connectivity index (χ3n) is 3.94. The zero-order chi connectivity index (χ0) is 15.4. The highest BCUT2D eigenvalue weighted by Gasteiger charge is 2.15. The summed E-state index contributed by atoms with van der Waals surface area (Å²) in [6.45, 7) is 3.08. The van der Waals surface area contributed by atoms with E-state index in [-0.39, 0.29) is 18.3 Å². The van der Waals surface area contributed by atoms with Crippen molar-refractivity contribution < 1.29 is 4.79 Å². The normalized spacial score (nSPS) is 16.8. The molecule has 0 aliphatic carbocycles. The molecule has 4 nitrogen and oxygen atoms in total. The third-order valence-corrected chi connectivity index (χ3v) is 4.72. The molecule has 2 aromatic rings. The fraction of sp³-hybridized carbons (Fsp3) is 0.412. The van der Waals surface area contributed by atoms with Crippen LogP contribution in [0.4, 0.5) is 5.69 Å². The van der Waals surface area contributed by atoms with E-state index >= 15 is 0 Å². The van der Waals surface area contributed by atoms with Crippen LogP contribution in [0.5, 0.6) is 0 Å². The zero-order valence-corrected chi connectivity index (χ0v) is 14.8. The molecule has 0 spiro atoms. The van der Waals surface area contributed by atoms with E-state index in [0.717, 1.165) is 34.9 Å². The number of thiazole rings is 1. The molecule has 1 fully saturated rings. The first-order valence-electron chi connectivity index (χ1n) is 7.76. The van der Waals surface area contributed by atoms with Crippen molar-refractivity contribution in [3.05, 3.63) is 34.7 Å². The molecule has 1 amide bonds. The summed E-state index contributed by atoms with van der Waals surface area (Å²) in [7, 11) is 0. The van der Waals surface area contributed by atoms with Crippen molar-refractivity contribution in [1.82, 2.24) is 10.3 Å². The van der Waals surface area contributed by atoms with Crippen LogP contribution in [-0.2, 0) is 4.79 Å². The average Bonchev–Trinajstić information content (AvgIpc) is 3.17. The van der Waals surface area contributed by atoms with Gasteiger partial charge in [-0.3, -0.25) is 4.79 Å². The predicted molar refractivity (Wildman–Crippen MR) is 98.4 cm³/mol. The first-order chi connectivity index (χ1) is 10.7. The van der Waals surface area contributed by atoms with Crippen LogP contribution in [-0.4, -0.2) is 23.5 Å². The van der Waals surface area contributed by atoms with Gasteiger partial charge in [-0.2, -0.15) is 0 Å². The number of nitrogens with zero attached hydrogens (tertiary/aromatic N) is 1. The Morgan fingerprint density at radius 2 is 2.35 bits per heavy atom. The second-order valence-electron chi connectivity index (χ2n) is 5.71. The molecule has 1 aromatic heterocycles. The highest BCUT2D eigenvalue weighted by Crippen LogP contribution is 2.24. The van der Waals surface area contributed by atoms with Crippen LogP contribution < -0.4 is 10.6 Å². The van der Waals surface area contributed by atoms with Crippen LogP contribution in [0.15, 0.2) is 29.6 Å². The van der Waals surface area contributed by atoms with Crippen molar-refractivity contribution in [2.75, 3.05) is 11.9 Å². The maximum absolute atomic E-state index is 12.1. The van der Waals surface area contributed by atoms with E-state index < -0.39 is 0 Å². The smallest absolute Gasteiger partial charge is 0.224 e. The van der Waals surface area contributed by atoms with E-state index in [1.165, 1.54) is 12.8 Å². The summed E-state index contributed by atoms with van der Waals surface area (Å²) in [5.74, 6) is 0.0836. The molecular formula is C17H22ClN3OS. The van der Waals surface area contributed by atoms with Crippen LogP contribution >= 0.6 is 23.7 Å². The van der Waals surface area contributed by atoms with Crippen molar-refractivity contribution in [2.24, 2.45) is 0 Å². The van der Waals surface area contributed by atoms with Gasteiger partial charge in [-0.25, -0.2) is 4.98 Å². The number of anilines is 1. The Labute approximate surface area is 147 Å². The molecule has 23 heavy (non-hydrogen) atoms. The fourth-order valence-corrected chi connectivity index (χ4v) is 3.41. The first-order valence-corrected chi connectivity index (χ1v) is 8.64. The summed E-state index contributed by atoms with van der Waals surface area (Å²) in [5.41, 5.74) is 2.85. The number of aromatic nitrogens is 1. The average molecular weight is 352 g/mol. The summed E-state index contributed by atoms with van der Waals surface area (Å²) in [5, 5.41) is 9.51. The lowest BCUT2D eigenvalue weighted by molar-refractivity contribution is -0.116. The number of benzene rings is 1. The van der Waals surface area contributed by atoms with E-state index in [1.807, 2.05) is 36.6 Å². The zero-order valence-electron chi connectivity index (χ0n) is 13.2. The predicted octanol–water partition coefficient (Wildman–Crippen LogP) is 4.01. The summed E-state index contributed by atoms with van der Waals surface area (Å²) >= 11 is 1.64. The molecule has 0 bridgehead atoms. The number of amides is 1. The van der Waals surface area contributed by atoms with Gasteiger partial charge in [0.15, 0.2) is 0 Å². The number of hydrogen-bond donors (Lipinski definition) is 2. The van der Waals surface area contributed by atoms with Gasteiger partial charge in [0.2, 0.25) is 5.91 Å². The molecule has 1 unspecified atom stereocenters. The SMILES string of the molecule is Cc1nc(-c2cccc(NC(=O)CCC3CCCN3)c2)cs1.Cl. The Hall–Kier alpha value is -1.43. The molecule has 1 aliphatic heterocycles. The second kappa shape index (κ2) is 8.43. The highest BCUT2D eigenvalue weighted by atomic mass is 35.5. The summed E-state index contributed by atoms with van der Waals surface area (Å²) in [4.78, 5) is 16.6. The molecule has 6 heteroatoms. The van der Waals surface area contributed by atoms with Crippen molar-refractivity contribution in [3.8, 4) is 11.3 Å². The molecule has 2 heterocycles. The van der Waals surface area contributed by atoms with Crippen molar-refractivity contribution in [1.29, 1.82) is 0 Å². The number of carbonyl (C=O) groups is 1. The van der Waals surface area contributed by atoms with Gasteiger partial charge in [0.05, 0.1) is 10.7 Å². The van der Waals surface area contributed by atoms with Gasteiger partial charge in [-0.15, -0.1) is 23.7 Å². The van der Waals surface area contributed by atoms with Gasteiger partial charge in [0.25, 0.3) is 0 Å². The number of aryl methyl sites for hydroxylation is 1. The van der Waals surface area contributed by atoms with Crippen LogP contribution in [0.2, 0.25) is 0 Å². The van der Waals surface area contributed by atoms with E-state index in [2.05, 4.69) is 15.6 Å². The molecule has 1 aliphatic rings. The minimum absolute atomic E-state index is 0. The minimum Gasteiger partial charge on any atom is -0.326 e. The molecule has 3 rings (SSSR count). The van der Waals surface area contributed by atoms with Crippen LogP contribution in [0.1, 0.15) is 30.7 Å². The lowest BCUT2D eigenvalue weighted by Crippen LogP contribution is -2.23. The summed E-state index contributed by atoms with van der Waals surface area (Å²) in [6.07, 6.45) is 3.89. The van der Waals surface area contributed by atoms with Crippen molar-refractivity contribution >= 4 is 35.3 Å². The highest BCUT2D eigenvalue weighted by molar-refractivity contribution is 7.09. The molecule has 0 radical (unpaired) electrons. The van der Waals surface area contributed by atoms with E-state index in [1.54, 1.807) is 11.3 Å². The first kappa shape index (κ1) is 17.9. The number of nitrogens with one attached hydrogen (secondary N) is 2. The Balaban J connectivity index is 0.00000192. The van der Waals surface area contributed by atoms with Gasteiger partial charge in [-0.1, -0.05) is 12.1 Å². The minimum atomic E-state index is 0. The molecular weight excluding hydrogens is 330 g/mol. The standard InChI is InChI=1S/C17H21N3OS.ClH/c1-12-19-16(11-22-12)13-4-2-5-15(10-13)20-17(21)8-7-14-6-3-9-18-14;/h2,4-5,10-11,14,18H,3,6-9H2,1H3,(H,20,21);1H. The maximum Gasteiger partial charge on any atom is 0.224 e. The Kier molecular flexibility index (Phi) is 6.57. The Morgan fingerprint density at radius 1 is 1.48 bits per heavy atom. The van der Waals surface area contributed by atoms with Gasteiger partial charge in [0.1, 0.15) is 0 Å². The molecule has 1 atom stereocenters. The number of halogens is 1.